The van der Waals surface area contributed by atoms with Gasteiger partial charge in [0.2, 0.25) is 0 Å². The molecule has 0 saturated carbocycles. The van der Waals surface area contributed by atoms with Crippen LogP contribution in [0.15, 0.2) is 60.9 Å². The molecule has 0 radical (unpaired) electrons. The predicted octanol–water partition coefficient (Wildman–Crippen LogP) is 6.96. The van der Waals surface area contributed by atoms with Gasteiger partial charge in [0.1, 0.15) is 0 Å². The number of pyridine rings is 2. The standard InChI is InChI=1S/C35H40N8O2/c1-6-13-42(21(2)20-44-5)14-15-43-34-30(16-24(18-38-34)26-9-7-11-28(37)32(26)22(3)36)45-31-17-25(19-39-35(31)43)27-10-8-12-29-33(27)23(4)40-41-29/h7-12,16-19,21,36H,6,13-15,20,37H2,1-5H3,(H,40,41). The topological polar surface area (TPSA) is 129 Å². The zero-order chi connectivity index (χ0) is 31.7. The number of hydrogen-bond donors (Lipinski definition) is 3. The molecule has 1 unspecified atom stereocenters. The van der Waals surface area contributed by atoms with Crippen LogP contribution in [-0.2, 0) is 4.74 Å². The highest BCUT2D eigenvalue weighted by molar-refractivity contribution is 6.07. The van der Waals surface area contributed by atoms with Gasteiger partial charge in [0.15, 0.2) is 23.1 Å². The fraction of sp³-hybridized carbons (Fsp3) is 0.314. The van der Waals surface area contributed by atoms with Crippen molar-refractivity contribution in [3.8, 4) is 33.8 Å². The van der Waals surface area contributed by atoms with Crippen LogP contribution in [0.4, 0.5) is 17.3 Å². The number of aromatic amines is 1. The summed E-state index contributed by atoms with van der Waals surface area (Å²) in [7, 11) is 1.75. The SMILES string of the molecule is CCCN(CCN1c2ncc(-c3cccc(N)c3C(C)=N)cc2Oc2cc(-c3cccc4[nH]nc(C)c34)cnc21)C(C)COC. The summed E-state index contributed by atoms with van der Waals surface area (Å²) in [5.41, 5.74) is 13.5. The molecule has 3 aromatic heterocycles. The average molecular weight is 605 g/mol. The Labute approximate surface area is 263 Å². The summed E-state index contributed by atoms with van der Waals surface area (Å²) in [6.07, 6.45) is 4.77. The molecule has 0 spiro atoms. The van der Waals surface area contributed by atoms with E-state index in [1.165, 1.54) is 0 Å². The maximum Gasteiger partial charge on any atom is 0.177 e. The zero-order valence-corrected chi connectivity index (χ0v) is 26.5. The Bertz CT molecular complexity index is 1870. The molecule has 4 heterocycles. The minimum atomic E-state index is 0.269. The van der Waals surface area contributed by atoms with Crippen LogP contribution >= 0.6 is 0 Å². The lowest BCUT2D eigenvalue weighted by atomic mass is 9.96. The van der Waals surface area contributed by atoms with Crippen molar-refractivity contribution < 1.29 is 9.47 Å². The highest BCUT2D eigenvalue weighted by Crippen LogP contribution is 2.47. The molecule has 0 aliphatic carbocycles. The third kappa shape index (κ3) is 5.74. The lowest BCUT2D eigenvalue weighted by molar-refractivity contribution is 0.101. The fourth-order valence-electron chi connectivity index (χ4n) is 6.28. The second-order valence-electron chi connectivity index (χ2n) is 11.6. The highest BCUT2D eigenvalue weighted by atomic mass is 16.5. The van der Waals surface area contributed by atoms with Gasteiger partial charge in [-0.2, -0.15) is 5.10 Å². The van der Waals surface area contributed by atoms with Crippen molar-refractivity contribution in [1.82, 2.24) is 25.1 Å². The molecule has 1 aliphatic rings. The first-order valence-corrected chi connectivity index (χ1v) is 15.4. The summed E-state index contributed by atoms with van der Waals surface area (Å²) in [6, 6.07) is 16.1. The Balaban J connectivity index is 1.44. The number of nitrogens with two attached hydrogens (primary N) is 1. The normalized spacial score (nSPS) is 13.1. The van der Waals surface area contributed by atoms with Crippen LogP contribution in [0.5, 0.6) is 11.5 Å². The fourth-order valence-corrected chi connectivity index (χ4v) is 6.28. The molecule has 232 valence electrons. The third-order valence-corrected chi connectivity index (χ3v) is 8.41. The van der Waals surface area contributed by atoms with Crippen LogP contribution in [0.2, 0.25) is 0 Å². The molecule has 0 bridgehead atoms. The second-order valence-corrected chi connectivity index (χ2v) is 11.6. The molecule has 0 fully saturated rings. The molecule has 10 heteroatoms. The quantitative estimate of drug-likeness (QED) is 0.109. The summed E-state index contributed by atoms with van der Waals surface area (Å²) in [5.74, 6) is 2.70. The van der Waals surface area contributed by atoms with Crippen molar-refractivity contribution in [3.05, 3.63) is 72.2 Å². The monoisotopic (exact) mass is 604 g/mol. The molecule has 6 rings (SSSR count). The maximum atomic E-state index is 8.37. The van der Waals surface area contributed by atoms with Gasteiger partial charge in [0, 0.05) is 72.1 Å². The number of nitrogen functional groups attached to an aromatic ring is 1. The van der Waals surface area contributed by atoms with E-state index in [-0.39, 0.29) is 6.04 Å². The van der Waals surface area contributed by atoms with E-state index in [1.54, 1.807) is 14.0 Å². The summed E-state index contributed by atoms with van der Waals surface area (Å²) >= 11 is 0. The molecule has 2 aromatic carbocycles. The van der Waals surface area contributed by atoms with E-state index in [2.05, 4.69) is 46.0 Å². The van der Waals surface area contributed by atoms with Crippen LogP contribution in [-0.4, -0.2) is 70.2 Å². The largest absolute Gasteiger partial charge is 0.450 e. The van der Waals surface area contributed by atoms with Crippen LogP contribution in [0.25, 0.3) is 33.2 Å². The molecule has 45 heavy (non-hydrogen) atoms. The molecule has 5 aromatic rings. The number of fused-ring (bicyclic) bond motifs is 3. The van der Waals surface area contributed by atoms with Gasteiger partial charge >= 0.3 is 0 Å². The molecular formula is C35H40N8O2. The Kier molecular flexibility index (Phi) is 8.51. The lowest BCUT2D eigenvalue weighted by Gasteiger charge is -2.34. The van der Waals surface area contributed by atoms with E-state index in [1.807, 2.05) is 55.7 Å². The number of aromatic nitrogens is 4. The smallest absolute Gasteiger partial charge is 0.177 e. The van der Waals surface area contributed by atoms with E-state index < -0.39 is 0 Å². The molecular weight excluding hydrogens is 564 g/mol. The van der Waals surface area contributed by atoms with E-state index in [0.717, 1.165) is 64.2 Å². The van der Waals surface area contributed by atoms with Gasteiger partial charge in [-0.25, -0.2) is 9.97 Å². The Hall–Kier alpha value is -4.80. The first-order valence-electron chi connectivity index (χ1n) is 15.4. The Morgan fingerprint density at radius 1 is 1.04 bits per heavy atom. The van der Waals surface area contributed by atoms with E-state index in [9.17, 15) is 0 Å². The van der Waals surface area contributed by atoms with Crippen LogP contribution < -0.4 is 15.4 Å². The molecule has 1 atom stereocenters. The predicted molar refractivity (Wildman–Crippen MR) is 181 cm³/mol. The lowest BCUT2D eigenvalue weighted by Crippen LogP contribution is -2.42. The highest BCUT2D eigenvalue weighted by Gasteiger charge is 2.29. The van der Waals surface area contributed by atoms with Crippen molar-refractivity contribution in [2.75, 3.05) is 44.0 Å². The van der Waals surface area contributed by atoms with Gasteiger partial charge in [0.25, 0.3) is 0 Å². The van der Waals surface area contributed by atoms with Gasteiger partial charge in [-0.15, -0.1) is 0 Å². The van der Waals surface area contributed by atoms with Crippen molar-refractivity contribution in [1.29, 1.82) is 5.41 Å². The number of anilines is 3. The second kappa shape index (κ2) is 12.7. The number of nitrogens with zero attached hydrogens (tertiary/aromatic N) is 5. The van der Waals surface area contributed by atoms with E-state index >= 15 is 0 Å². The summed E-state index contributed by atoms with van der Waals surface area (Å²) in [6.45, 7) is 11.2. The number of nitrogens with one attached hydrogen (secondary N) is 2. The van der Waals surface area contributed by atoms with Crippen LogP contribution in [0, 0.1) is 12.3 Å². The van der Waals surface area contributed by atoms with Gasteiger partial charge in [0.05, 0.1) is 17.8 Å². The van der Waals surface area contributed by atoms with Crippen LogP contribution in [0.1, 0.15) is 38.4 Å². The van der Waals surface area contributed by atoms with Gasteiger partial charge in [-0.1, -0.05) is 31.2 Å². The summed E-state index contributed by atoms with van der Waals surface area (Å²) in [4.78, 5) is 14.5. The number of hydrogen-bond acceptors (Lipinski definition) is 9. The molecule has 10 nitrogen and oxygen atoms in total. The van der Waals surface area contributed by atoms with Crippen molar-refractivity contribution in [2.45, 2.75) is 40.2 Å². The Morgan fingerprint density at radius 2 is 1.71 bits per heavy atom. The molecule has 1 aliphatic heterocycles. The maximum absolute atomic E-state index is 8.37. The first-order chi connectivity index (χ1) is 21.8. The van der Waals surface area contributed by atoms with Gasteiger partial charge in [-0.3, -0.25) is 10.00 Å². The number of ether oxygens (including phenoxy) is 2. The van der Waals surface area contributed by atoms with Crippen molar-refractivity contribution in [3.63, 3.8) is 0 Å². The number of aryl methyl sites for hydroxylation is 1. The number of methoxy groups -OCH3 is 1. The summed E-state index contributed by atoms with van der Waals surface area (Å²) < 4.78 is 12.1. The van der Waals surface area contributed by atoms with E-state index in [4.69, 9.17) is 30.6 Å². The number of benzene rings is 2. The zero-order valence-electron chi connectivity index (χ0n) is 26.5. The van der Waals surface area contributed by atoms with Gasteiger partial charge < -0.3 is 25.5 Å². The van der Waals surface area contributed by atoms with Crippen molar-refractivity contribution >= 4 is 33.9 Å². The number of H-pyrrole nitrogens is 1. The molecule has 4 N–H and O–H groups in total. The average Bonchev–Trinajstić information content (AvgIpc) is 3.42. The minimum absolute atomic E-state index is 0.269. The van der Waals surface area contributed by atoms with Gasteiger partial charge in [-0.05, 0) is 69.1 Å². The molecule has 0 amide bonds. The third-order valence-electron chi connectivity index (χ3n) is 8.41. The minimum Gasteiger partial charge on any atom is -0.450 e. The summed E-state index contributed by atoms with van der Waals surface area (Å²) in [5, 5.41) is 17.0. The number of rotatable bonds is 11. The van der Waals surface area contributed by atoms with Crippen LogP contribution in [0.3, 0.4) is 0 Å². The molecule has 0 saturated heterocycles. The first kappa shape index (κ1) is 30.2. The van der Waals surface area contributed by atoms with Crippen molar-refractivity contribution in [2.24, 2.45) is 0 Å². The Morgan fingerprint density at radius 3 is 2.38 bits per heavy atom. The van der Waals surface area contributed by atoms with E-state index in [0.29, 0.717) is 47.4 Å².